The second-order valence-electron chi connectivity index (χ2n) is 7.98. The van der Waals surface area contributed by atoms with Crippen LogP contribution in [0.5, 0.6) is 5.75 Å². The second kappa shape index (κ2) is 8.57. The first-order chi connectivity index (χ1) is 15.6. The number of methoxy groups -OCH3 is 1. The Bertz CT molecular complexity index is 1310. The van der Waals surface area contributed by atoms with Gasteiger partial charge in [-0.1, -0.05) is 47.5 Å². The quantitative estimate of drug-likeness (QED) is 0.504. The number of hydrogen-bond acceptors (Lipinski definition) is 4. The van der Waals surface area contributed by atoms with Gasteiger partial charge in [0.25, 0.3) is 5.91 Å². The minimum absolute atomic E-state index is 0.239. The molecule has 33 heavy (non-hydrogen) atoms. The van der Waals surface area contributed by atoms with Gasteiger partial charge in [0.05, 0.1) is 22.8 Å². The predicted octanol–water partition coefficient (Wildman–Crippen LogP) is 4.87. The summed E-state index contributed by atoms with van der Waals surface area (Å²) in [5.41, 5.74) is 0.256. The summed E-state index contributed by atoms with van der Waals surface area (Å²) < 4.78 is 5.25. The molecule has 9 heteroatoms. The number of benzene rings is 3. The van der Waals surface area contributed by atoms with E-state index in [9.17, 15) is 14.4 Å². The van der Waals surface area contributed by atoms with Crippen LogP contribution in [0, 0.1) is 6.92 Å². The average molecular weight is 486 g/mol. The standard InChI is InChI=1S/C24H21Cl2N3O4/c1-13-4-9-18(25)21(20(13)26)27-19(30)12-29-22(31)24(2,28-23(29)32)16-7-5-15-11-17(33-3)8-6-14(15)10-16/h4-11H,12H2,1-3H3,(H,27,30)(H,28,32)/t24-/m1/s1. The first-order valence-electron chi connectivity index (χ1n) is 10.1. The van der Waals surface area contributed by atoms with E-state index in [-0.39, 0.29) is 10.7 Å². The largest absolute Gasteiger partial charge is 0.497 e. The van der Waals surface area contributed by atoms with Crippen molar-refractivity contribution in [3.05, 3.63) is 69.7 Å². The van der Waals surface area contributed by atoms with Gasteiger partial charge in [0, 0.05) is 0 Å². The fourth-order valence-electron chi connectivity index (χ4n) is 3.79. The predicted molar refractivity (Wildman–Crippen MR) is 128 cm³/mol. The first kappa shape index (κ1) is 22.9. The van der Waals surface area contributed by atoms with Gasteiger partial charge in [-0.3, -0.25) is 14.5 Å². The maximum atomic E-state index is 13.2. The molecule has 1 saturated heterocycles. The van der Waals surface area contributed by atoms with Crippen LogP contribution in [0.2, 0.25) is 10.0 Å². The van der Waals surface area contributed by atoms with Crippen molar-refractivity contribution in [1.29, 1.82) is 0 Å². The van der Waals surface area contributed by atoms with Crippen LogP contribution in [0.15, 0.2) is 48.5 Å². The lowest BCUT2D eigenvalue weighted by molar-refractivity contribution is -0.133. The Morgan fingerprint density at radius 3 is 2.52 bits per heavy atom. The number of ether oxygens (including phenoxy) is 1. The molecule has 1 aliphatic rings. The molecular weight excluding hydrogens is 465 g/mol. The van der Waals surface area contributed by atoms with Crippen molar-refractivity contribution in [1.82, 2.24) is 10.2 Å². The number of nitrogens with one attached hydrogen (secondary N) is 2. The number of hydrogen-bond donors (Lipinski definition) is 2. The second-order valence-corrected chi connectivity index (χ2v) is 8.76. The van der Waals surface area contributed by atoms with E-state index in [4.69, 9.17) is 27.9 Å². The molecule has 0 radical (unpaired) electrons. The van der Waals surface area contributed by atoms with Crippen LogP contribution in [-0.2, 0) is 15.1 Å². The third-order valence-electron chi connectivity index (χ3n) is 5.75. The Hall–Kier alpha value is -3.29. The molecule has 1 aliphatic heterocycles. The van der Waals surface area contributed by atoms with Gasteiger partial charge in [-0.05, 0) is 60.0 Å². The third kappa shape index (κ3) is 4.10. The lowest BCUT2D eigenvalue weighted by Crippen LogP contribution is -2.42. The van der Waals surface area contributed by atoms with Gasteiger partial charge >= 0.3 is 6.03 Å². The maximum absolute atomic E-state index is 13.2. The van der Waals surface area contributed by atoms with E-state index in [1.807, 2.05) is 30.3 Å². The minimum atomic E-state index is -1.32. The summed E-state index contributed by atoms with van der Waals surface area (Å²) in [7, 11) is 1.59. The summed E-state index contributed by atoms with van der Waals surface area (Å²) in [6.45, 7) is 2.91. The normalized spacial score (nSPS) is 17.9. The molecule has 0 bridgehead atoms. The van der Waals surface area contributed by atoms with Gasteiger partial charge in [-0.25, -0.2) is 4.79 Å². The van der Waals surface area contributed by atoms with Crippen LogP contribution in [0.1, 0.15) is 18.1 Å². The number of aryl methyl sites for hydroxylation is 1. The number of fused-ring (bicyclic) bond motifs is 1. The summed E-state index contributed by atoms with van der Waals surface area (Å²) in [6.07, 6.45) is 0. The zero-order chi connectivity index (χ0) is 23.9. The van der Waals surface area contributed by atoms with Crippen LogP contribution < -0.4 is 15.4 Å². The Morgan fingerprint density at radius 2 is 1.79 bits per heavy atom. The Morgan fingerprint density at radius 1 is 1.09 bits per heavy atom. The lowest BCUT2D eigenvalue weighted by Gasteiger charge is -2.23. The molecule has 1 atom stereocenters. The number of nitrogens with zero attached hydrogens (tertiary/aromatic N) is 1. The highest BCUT2D eigenvalue weighted by atomic mass is 35.5. The smallest absolute Gasteiger partial charge is 0.325 e. The van der Waals surface area contributed by atoms with Crippen LogP contribution in [0.3, 0.4) is 0 Å². The molecule has 0 saturated carbocycles. The molecule has 4 amide bonds. The summed E-state index contributed by atoms with van der Waals surface area (Å²) in [6, 6.07) is 13.7. The van der Waals surface area contributed by atoms with Gasteiger partial charge in [0.15, 0.2) is 0 Å². The highest BCUT2D eigenvalue weighted by molar-refractivity contribution is 6.40. The molecule has 4 rings (SSSR count). The Kier molecular flexibility index (Phi) is 5.95. The third-order valence-corrected chi connectivity index (χ3v) is 6.55. The molecular formula is C24H21Cl2N3O4. The van der Waals surface area contributed by atoms with Gasteiger partial charge in [0.2, 0.25) is 5.91 Å². The summed E-state index contributed by atoms with van der Waals surface area (Å²) >= 11 is 12.4. The fraction of sp³-hybridized carbons (Fsp3) is 0.208. The first-order valence-corrected chi connectivity index (χ1v) is 10.9. The van der Waals surface area contributed by atoms with Gasteiger partial charge in [0.1, 0.15) is 17.8 Å². The number of rotatable bonds is 5. The van der Waals surface area contributed by atoms with E-state index in [1.54, 1.807) is 39.2 Å². The molecule has 0 spiro atoms. The molecule has 3 aromatic rings. The van der Waals surface area contributed by atoms with Gasteiger partial charge < -0.3 is 15.4 Å². The fourth-order valence-corrected chi connectivity index (χ4v) is 4.26. The monoisotopic (exact) mass is 485 g/mol. The molecule has 170 valence electrons. The Balaban J connectivity index is 1.56. The molecule has 1 fully saturated rings. The molecule has 7 nitrogen and oxygen atoms in total. The highest BCUT2D eigenvalue weighted by Crippen LogP contribution is 2.34. The van der Waals surface area contributed by atoms with Crippen molar-refractivity contribution in [2.75, 3.05) is 19.0 Å². The van der Waals surface area contributed by atoms with Crippen LogP contribution in [0.4, 0.5) is 10.5 Å². The highest BCUT2D eigenvalue weighted by Gasteiger charge is 2.49. The zero-order valence-electron chi connectivity index (χ0n) is 18.2. The molecule has 0 aromatic heterocycles. The van der Waals surface area contributed by atoms with Gasteiger partial charge in [-0.2, -0.15) is 0 Å². The zero-order valence-corrected chi connectivity index (χ0v) is 19.7. The maximum Gasteiger partial charge on any atom is 0.325 e. The van der Waals surface area contributed by atoms with E-state index in [1.165, 1.54) is 0 Å². The van der Waals surface area contributed by atoms with Crippen molar-refractivity contribution < 1.29 is 19.1 Å². The number of carbonyl (C=O) groups excluding carboxylic acids is 3. The van der Waals surface area contributed by atoms with Crippen molar-refractivity contribution in [3.63, 3.8) is 0 Å². The van der Waals surface area contributed by atoms with Crippen molar-refractivity contribution in [2.45, 2.75) is 19.4 Å². The SMILES string of the molecule is COc1ccc2cc([C@@]3(C)NC(=O)N(CC(=O)Nc4c(Cl)ccc(C)c4Cl)C3=O)ccc2c1. The van der Waals surface area contributed by atoms with Crippen molar-refractivity contribution in [3.8, 4) is 5.75 Å². The summed E-state index contributed by atoms with van der Waals surface area (Å²) in [4.78, 5) is 39.4. The van der Waals surface area contributed by atoms with E-state index in [0.29, 0.717) is 10.6 Å². The van der Waals surface area contributed by atoms with E-state index < -0.39 is 29.9 Å². The number of amides is 4. The van der Waals surface area contributed by atoms with Crippen LogP contribution in [-0.4, -0.2) is 36.4 Å². The number of carbonyl (C=O) groups is 3. The van der Waals surface area contributed by atoms with Gasteiger partial charge in [-0.15, -0.1) is 0 Å². The van der Waals surface area contributed by atoms with E-state index in [2.05, 4.69) is 10.6 Å². The Labute approximate surface area is 200 Å². The average Bonchev–Trinajstić information content (AvgIpc) is 3.02. The van der Waals surface area contributed by atoms with Crippen molar-refractivity contribution >= 4 is 57.5 Å². The molecule has 0 aliphatic carbocycles. The number of halogens is 2. The van der Waals surface area contributed by atoms with E-state index >= 15 is 0 Å². The summed E-state index contributed by atoms with van der Waals surface area (Å²) in [5.74, 6) is -0.405. The topological polar surface area (TPSA) is 87.7 Å². The number of anilines is 1. The molecule has 0 unspecified atom stereocenters. The molecule has 2 N–H and O–H groups in total. The molecule has 3 aromatic carbocycles. The number of imide groups is 1. The van der Waals surface area contributed by atoms with E-state index in [0.717, 1.165) is 27.0 Å². The number of urea groups is 1. The minimum Gasteiger partial charge on any atom is -0.497 e. The molecule has 1 heterocycles. The van der Waals surface area contributed by atoms with Crippen LogP contribution >= 0.6 is 23.2 Å². The van der Waals surface area contributed by atoms with Crippen LogP contribution in [0.25, 0.3) is 10.8 Å². The summed E-state index contributed by atoms with van der Waals surface area (Å²) in [5, 5.41) is 7.69. The lowest BCUT2D eigenvalue weighted by atomic mass is 9.90. The van der Waals surface area contributed by atoms with Crippen molar-refractivity contribution in [2.24, 2.45) is 0 Å².